The molecule has 8 nitrogen and oxygen atoms in total. The molecular weight excluding hydrogens is 502 g/mol. The Morgan fingerprint density at radius 2 is 1.97 bits per heavy atom. The molecule has 196 valence electrons. The van der Waals surface area contributed by atoms with Crippen LogP contribution in [0.15, 0.2) is 69.7 Å². The minimum absolute atomic E-state index is 0.203. The molecule has 0 saturated heterocycles. The second-order valence-corrected chi connectivity index (χ2v) is 9.82. The van der Waals surface area contributed by atoms with E-state index in [-0.39, 0.29) is 12.2 Å². The Morgan fingerprint density at radius 3 is 2.71 bits per heavy atom. The largest absolute Gasteiger partial charge is 0.497 e. The quantitative estimate of drug-likeness (QED) is 0.346. The summed E-state index contributed by atoms with van der Waals surface area (Å²) in [6, 6.07) is 12.5. The predicted molar refractivity (Wildman–Crippen MR) is 147 cm³/mol. The molecule has 0 spiro atoms. The topological polar surface area (TPSA) is 94.9 Å². The predicted octanol–water partition coefficient (Wildman–Crippen LogP) is 4.08. The van der Waals surface area contributed by atoms with Crippen LogP contribution < -0.4 is 24.4 Å². The summed E-state index contributed by atoms with van der Waals surface area (Å²) >= 11 is 1.30. The Labute approximate surface area is 223 Å². The van der Waals surface area contributed by atoms with Crippen LogP contribution in [0.5, 0.6) is 11.5 Å². The van der Waals surface area contributed by atoms with Crippen LogP contribution in [0.1, 0.15) is 43.9 Å². The van der Waals surface area contributed by atoms with E-state index < -0.39 is 12.0 Å². The van der Waals surface area contributed by atoms with E-state index in [1.54, 1.807) is 43.9 Å². The Bertz CT molecular complexity index is 1730. The molecule has 0 unspecified atom stereocenters. The van der Waals surface area contributed by atoms with Crippen molar-refractivity contribution >= 4 is 34.3 Å². The smallest absolute Gasteiger partial charge is 0.338 e. The number of carbonyl (C=O) groups is 1. The third-order valence-electron chi connectivity index (χ3n) is 6.53. The van der Waals surface area contributed by atoms with Crippen LogP contribution in [0.3, 0.4) is 0 Å². The Kier molecular flexibility index (Phi) is 7.20. The minimum atomic E-state index is -0.790. The molecule has 2 aromatic heterocycles. The molecule has 0 saturated carbocycles. The number of rotatable bonds is 8. The number of H-pyrrole nitrogens is 1. The number of nitrogens with one attached hydrogen (secondary N) is 1. The number of fused-ring (bicyclic) bond motifs is 2. The molecule has 0 fully saturated rings. The third-order valence-corrected chi connectivity index (χ3v) is 7.51. The molecule has 9 heteroatoms. The van der Waals surface area contributed by atoms with Gasteiger partial charge in [-0.3, -0.25) is 9.36 Å². The number of thiazole rings is 1. The molecule has 5 rings (SSSR count). The summed E-state index contributed by atoms with van der Waals surface area (Å²) < 4.78 is 18.8. The van der Waals surface area contributed by atoms with E-state index in [1.807, 2.05) is 43.5 Å². The second-order valence-electron chi connectivity index (χ2n) is 8.81. The van der Waals surface area contributed by atoms with Gasteiger partial charge in [-0.15, -0.1) is 0 Å². The van der Waals surface area contributed by atoms with Gasteiger partial charge in [0.25, 0.3) is 5.56 Å². The number of aromatic amines is 1. The fourth-order valence-electron chi connectivity index (χ4n) is 4.82. The van der Waals surface area contributed by atoms with Crippen molar-refractivity contribution in [2.75, 3.05) is 20.8 Å². The highest BCUT2D eigenvalue weighted by Gasteiger charge is 2.36. The van der Waals surface area contributed by atoms with Crippen molar-refractivity contribution in [1.29, 1.82) is 0 Å². The van der Waals surface area contributed by atoms with Crippen molar-refractivity contribution < 1.29 is 19.0 Å². The van der Waals surface area contributed by atoms with Crippen LogP contribution in [-0.4, -0.2) is 36.3 Å². The number of methoxy groups -OCH3 is 2. The van der Waals surface area contributed by atoms with Gasteiger partial charge in [0, 0.05) is 28.2 Å². The summed E-state index contributed by atoms with van der Waals surface area (Å²) in [4.78, 5) is 36.0. The Balaban J connectivity index is 1.81. The van der Waals surface area contributed by atoms with Crippen LogP contribution in [0, 0.1) is 0 Å². The van der Waals surface area contributed by atoms with Crippen molar-refractivity contribution in [2.24, 2.45) is 4.99 Å². The zero-order valence-electron chi connectivity index (χ0n) is 21.7. The number of allylic oxidation sites excluding steroid dienone is 1. The molecule has 1 aliphatic heterocycles. The van der Waals surface area contributed by atoms with Crippen LogP contribution in [-0.2, 0) is 9.53 Å². The maximum Gasteiger partial charge on any atom is 0.338 e. The van der Waals surface area contributed by atoms with Gasteiger partial charge >= 0.3 is 5.97 Å². The second kappa shape index (κ2) is 10.7. The van der Waals surface area contributed by atoms with Gasteiger partial charge in [-0.25, -0.2) is 9.79 Å². The monoisotopic (exact) mass is 531 g/mol. The van der Waals surface area contributed by atoms with E-state index in [0.29, 0.717) is 44.1 Å². The fourth-order valence-corrected chi connectivity index (χ4v) is 5.83. The normalized spacial score (nSPS) is 15.4. The lowest BCUT2D eigenvalue weighted by Crippen LogP contribution is -2.40. The van der Waals surface area contributed by atoms with Gasteiger partial charge in [0.05, 0.1) is 36.6 Å². The molecule has 0 aliphatic carbocycles. The number of hydrogen-bond donors (Lipinski definition) is 1. The van der Waals surface area contributed by atoms with Crippen LogP contribution in [0.4, 0.5) is 0 Å². The molecule has 3 heterocycles. The lowest BCUT2D eigenvalue weighted by molar-refractivity contribution is -0.139. The van der Waals surface area contributed by atoms with Gasteiger partial charge < -0.3 is 19.2 Å². The highest BCUT2D eigenvalue weighted by atomic mass is 32.1. The van der Waals surface area contributed by atoms with Gasteiger partial charge in [0.1, 0.15) is 17.5 Å². The van der Waals surface area contributed by atoms with E-state index in [0.717, 1.165) is 22.9 Å². The van der Waals surface area contributed by atoms with Gasteiger partial charge in [-0.1, -0.05) is 42.9 Å². The number of esters is 1. The average Bonchev–Trinajstić information content (AvgIpc) is 3.48. The molecular formula is C29H29N3O5S. The first-order valence-corrected chi connectivity index (χ1v) is 13.3. The number of ether oxygens (including phenoxy) is 3. The Hall–Kier alpha value is -4.11. The summed E-state index contributed by atoms with van der Waals surface area (Å²) in [6.45, 7) is 3.99. The first kappa shape index (κ1) is 25.5. The summed E-state index contributed by atoms with van der Waals surface area (Å²) in [5.74, 6) is 0.612. The van der Waals surface area contributed by atoms with Gasteiger partial charge in [-0.2, -0.15) is 0 Å². The molecule has 4 aromatic rings. The third kappa shape index (κ3) is 4.43. The first-order valence-electron chi connectivity index (χ1n) is 12.5. The van der Waals surface area contributed by atoms with E-state index in [2.05, 4.69) is 4.98 Å². The summed E-state index contributed by atoms with van der Waals surface area (Å²) in [7, 11) is 3.13. The molecule has 1 N–H and O–H groups in total. The number of aromatic nitrogens is 2. The molecule has 1 atom stereocenters. The zero-order valence-corrected chi connectivity index (χ0v) is 22.6. The SMILES string of the molecule is CCCC1=C(C(=O)OCC)[C@H](c2cc(OC)ccc2OC)n2c(s/c(=C\c3c[nH]c4ccccc34)c2=O)=N1. The van der Waals surface area contributed by atoms with Crippen molar-refractivity contribution in [3.8, 4) is 11.5 Å². The summed E-state index contributed by atoms with van der Waals surface area (Å²) in [5, 5.41) is 1.02. The average molecular weight is 532 g/mol. The van der Waals surface area contributed by atoms with Gasteiger partial charge in [0.15, 0.2) is 4.80 Å². The lowest BCUT2D eigenvalue weighted by atomic mass is 9.93. The van der Waals surface area contributed by atoms with Crippen molar-refractivity contribution in [3.05, 3.63) is 90.7 Å². The van der Waals surface area contributed by atoms with Crippen molar-refractivity contribution in [2.45, 2.75) is 32.7 Å². The number of nitrogens with zero attached hydrogens (tertiary/aromatic N) is 2. The van der Waals surface area contributed by atoms with Gasteiger partial charge in [-0.05, 0) is 43.7 Å². The summed E-state index contributed by atoms with van der Waals surface area (Å²) in [6.07, 6.45) is 5.09. The molecule has 0 amide bonds. The maximum atomic E-state index is 14.0. The van der Waals surface area contributed by atoms with Crippen molar-refractivity contribution in [3.63, 3.8) is 0 Å². The van der Waals surface area contributed by atoms with Crippen LogP contribution in [0.2, 0.25) is 0 Å². The number of hydrogen-bond acceptors (Lipinski definition) is 7. The van der Waals surface area contributed by atoms with Crippen LogP contribution in [0.25, 0.3) is 17.0 Å². The van der Waals surface area contributed by atoms with Gasteiger partial charge in [0.2, 0.25) is 0 Å². The molecule has 1 aliphatic rings. The summed E-state index contributed by atoms with van der Waals surface area (Å²) in [5.41, 5.74) is 3.22. The molecule has 2 aromatic carbocycles. The fraction of sp³-hybridized carbons (Fsp3) is 0.276. The lowest BCUT2D eigenvalue weighted by Gasteiger charge is -2.27. The van der Waals surface area contributed by atoms with E-state index >= 15 is 0 Å². The maximum absolute atomic E-state index is 14.0. The van der Waals surface area contributed by atoms with E-state index in [9.17, 15) is 9.59 Å². The molecule has 0 radical (unpaired) electrons. The van der Waals surface area contributed by atoms with Crippen molar-refractivity contribution in [1.82, 2.24) is 9.55 Å². The number of carbonyl (C=O) groups excluding carboxylic acids is 1. The number of benzene rings is 2. The zero-order chi connectivity index (χ0) is 26.8. The molecule has 0 bridgehead atoms. The highest BCUT2D eigenvalue weighted by molar-refractivity contribution is 7.07. The minimum Gasteiger partial charge on any atom is -0.497 e. The van der Waals surface area contributed by atoms with E-state index in [4.69, 9.17) is 19.2 Å². The Morgan fingerprint density at radius 1 is 1.16 bits per heavy atom. The highest BCUT2D eigenvalue weighted by Crippen LogP contribution is 2.38. The first-order chi connectivity index (χ1) is 18.5. The molecule has 38 heavy (non-hydrogen) atoms. The number of para-hydroxylation sites is 1. The standard InChI is InChI=1S/C29H29N3O5S/c1-5-9-22-25(28(34)37-6-2)26(20-15-18(35-3)12-13-23(20)36-4)32-27(33)24(38-29(32)31-22)14-17-16-30-21-11-8-7-10-19(17)21/h7-8,10-16,26,30H,5-6,9H2,1-4H3/b24-14-/t26-/m0/s1. The van der Waals surface area contributed by atoms with Crippen LogP contribution >= 0.6 is 11.3 Å². The van der Waals surface area contributed by atoms with E-state index in [1.165, 1.54) is 11.3 Å².